The monoisotopic (exact) mass is 310 g/mol. The van der Waals surface area contributed by atoms with Gasteiger partial charge in [-0.1, -0.05) is 0 Å². The minimum atomic E-state index is -1.31. The van der Waals surface area contributed by atoms with E-state index in [2.05, 4.69) is 15.4 Å². The average molecular weight is 310 g/mol. The number of carbonyl (C=O) groups excluding carboxylic acids is 1. The topological polar surface area (TPSA) is 139 Å². The van der Waals surface area contributed by atoms with Gasteiger partial charge in [0.1, 0.15) is 25.0 Å². The lowest BCUT2D eigenvalue weighted by Gasteiger charge is -2.39. The van der Waals surface area contributed by atoms with Crippen LogP contribution in [-0.4, -0.2) is 61.0 Å². The summed E-state index contributed by atoms with van der Waals surface area (Å²) >= 11 is 0. The normalized spacial score (nSPS) is 35.5. The van der Waals surface area contributed by atoms with Crippen LogP contribution in [0.1, 0.15) is 13.3 Å². The van der Waals surface area contributed by atoms with Crippen molar-refractivity contribution >= 4 is 6.03 Å². The van der Waals surface area contributed by atoms with Gasteiger partial charge in [-0.25, -0.2) is 14.5 Å². The van der Waals surface area contributed by atoms with E-state index in [1.165, 1.54) is 22.2 Å². The number of ether oxygens (including phenoxy) is 1. The van der Waals surface area contributed by atoms with Crippen LogP contribution >= 0.6 is 0 Å². The summed E-state index contributed by atoms with van der Waals surface area (Å²) in [5, 5.41) is 25.5. The minimum Gasteiger partial charge on any atom is -0.394 e. The van der Waals surface area contributed by atoms with Gasteiger partial charge in [0.25, 0.3) is 0 Å². The zero-order valence-electron chi connectivity index (χ0n) is 12.0. The lowest BCUT2D eigenvalue weighted by Crippen LogP contribution is -2.64. The van der Waals surface area contributed by atoms with Crippen LogP contribution < -0.4 is 11.1 Å². The summed E-state index contributed by atoms with van der Waals surface area (Å²) in [6.45, 7) is 1.43. The molecule has 3 heterocycles. The molecule has 0 aliphatic carbocycles. The van der Waals surface area contributed by atoms with E-state index in [1.807, 2.05) is 0 Å². The highest BCUT2D eigenvalue weighted by Crippen LogP contribution is 2.28. The zero-order chi connectivity index (χ0) is 15.9. The number of carbonyl (C=O) groups is 1. The van der Waals surface area contributed by atoms with Crippen LogP contribution in [0.3, 0.4) is 0 Å². The molecule has 22 heavy (non-hydrogen) atoms. The fourth-order valence-corrected chi connectivity index (χ4v) is 2.58. The van der Waals surface area contributed by atoms with Gasteiger partial charge < -0.3 is 14.9 Å². The Hall–Kier alpha value is -2.01. The van der Waals surface area contributed by atoms with E-state index in [0.717, 1.165) is 0 Å². The third-order valence-corrected chi connectivity index (χ3v) is 3.94. The van der Waals surface area contributed by atoms with Crippen molar-refractivity contribution in [1.29, 1.82) is 0 Å². The van der Waals surface area contributed by atoms with Gasteiger partial charge in [-0.05, 0) is 6.92 Å². The van der Waals surface area contributed by atoms with E-state index in [4.69, 9.17) is 15.6 Å². The maximum absolute atomic E-state index is 12.3. The molecule has 0 aromatic carbocycles. The number of nitrogens with two attached hydrogens (primary N) is 1. The third kappa shape index (κ3) is 2.25. The first kappa shape index (κ1) is 14.9. The smallest absolute Gasteiger partial charge is 0.326 e. The summed E-state index contributed by atoms with van der Waals surface area (Å²) in [7, 11) is 0. The Morgan fingerprint density at radius 2 is 2.41 bits per heavy atom. The van der Waals surface area contributed by atoms with E-state index in [-0.39, 0.29) is 13.0 Å². The Kier molecular flexibility index (Phi) is 3.60. The lowest BCUT2D eigenvalue weighted by atomic mass is 10.1. The highest BCUT2D eigenvalue weighted by molar-refractivity contribution is 5.78. The van der Waals surface area contributed by atoms with Crippen LogP contribution in [0, 0.1) is 0 Å². The second-order valence-corrected chi connectivity index (χ2v) is 5.37. The molecule has 10 heteroatoms. The zero-order valence-corrected chi connectivity index (χ0v) is 12.0. The number of aliphatic hydroxyl groups excluding tert-OH is 2. The van der Waals surface area contributed by atoms with Crippen molar-refractivity contribution < 1.29 is 19.7 Å². The van der Waals surface area contributed by atoms with Gasteiger partial charge in [0, 0.05) is 18.2 Å². The highest BCUT2D eigenvalue weighted by atomic mass is 16.5. The van der Waals surface area contributed by atoms with Crippen LogP contribution in [-0.2, 0) is 10.5 Å². The van der Waals surface area contributed by atoms with Gasteiger partial charge in [-0.15, -0.1) is 0 Å². The maximum atomic E-state index is 12.3. The molecule has 2 aliphatic rings. The molecular formula is C12H18N6O4. The van der Waals surface area contributed by atoms with E-state index < -0.39 is 30.3 Å². The highest BCUT2D eigenvalue weighted by Gasteiger charge is 2.44. The summed E-state index contributed by atoms with van der Waals surface area (Å²) in [4.78, 5) is 17.5. The quantitative estimate of drug-likeness (QED) is 0.519. The summed E-state index contributed by atoms with van der Waals surface area (Å²) in [5.74, 6) is -1.31. The van der Waals surface area contributed by atoms with Crippen molar-refractivity contribution in [1.82, 2.24) is 25.0 Å². The van der Waals surface area contributed by atoms with Crippen LogP contribution in [0.25, 0.3) is 0 Å². The summed E-state index contributed by atoms with van der Waals surface area (Å²) < 4.78 is 6.83. The van der Waals surface area contributed by atoms with Crippen molar-refractivity contribution in [2.45, 2.75) is 37.6 Å². The van der Waals surface area contributed by atoms with Crippen molar-refractivity contribution in [2.24, 2.45) is 5.73 Å². The number of amides is 2. The van der Waals surface area contributed by atoms with Crippen molar-refractivity contribution in [3.8, 4) is 0 Å². The molecule has 2 aliphatic heterocycles. The van der Waals surface area contributed by atoms with Gasteiger partial charge in [-0.3, -0.25) is 16.0 Å². The molecule has 0 bridgehead atoms. The van der Waals surface area contributed by atoms with Gasteiger partial charge in [0.15, 0.2) is 0 Å². The molecule has 120 valence electrons. The molecule has 1 aromatic rings. The molecule has 3 rings (SSSR count). The largest absolute Gasteiger partial charge is 0.394 e. The molecule has 1 saturated heterocycles. The average Bonchev–Trinajstić information content (AvgIpc) is 3.12. The van der Waals surface area contributed by atoms with E-state index in [0.29, 0.717) is 5.57 Å². The Morgan fingerprint density at radius 3 is 3.00 bits per heavy atom. The number of nitrogens with one attached hydrogen (secondary N) is 1. The summed E-state index contributed by atoms with van der Waals surface area (Å²) in [6, 6.07) is -0.487. The number of hydrogen-bond donors (Lipinski definition) is 4. The summed E-state index contributed by atoms with van der Waals surface area (Å²) in [6.07, 6.45) is 2.30. The second-order valence-electron chi connectivity index (χ2n) is 5.37. The minimum absolute atomic E-state index is 0.212. The van der Waals surface area contributed by atoms with Gasteiger partial charge in [0.05, 0.1) is 12.7 Å². The predicted molar refractivity (Wildman–Crippen MR) is 72.7 cm³/mol. The van der Waals surface area contributed by atoms with E-state index in [1.54, 1.807) is 13.1 Å². The Labute approximate surface area is 126 Å². The fraction of sp³-hybridized carbons (Fsp3) is 0.583. The number of rotatable bonds is 3. The summed E-state index contributed by atoms with van der Waals surface area (Å²) in [5.41, 5.74) is 6.82. The molecule has 0 spiro atoms. The molecule has 1 fully saturated rings. The lowest BCUT2D eigenvalue weighted by molar-refractivity contribution is -0.0561. The Balaban J connectivity index is 1.85. The number of nitrogens with zero attached hydrogens (tertiary/aromatic N) is 4. The van der Waals surface area contributed by atoms with Gasteiger partial charge in [-0.2, -0.15) is 5.10 Å². The number of hydrogen-bond acceptors (Lipinski definition) is 7. The molecule has 0 radical (unpaired) electrons. The van der Waals surface area contributed by atoms with Crippen LogP contribution in [0.2, 0.25) is 0 Å². The van der Waals surface area contributed by atoms with Gasteiger partial charge >= 0.3 is 6.03 Å². The Bertz CT molecular complexity index is 590. The van der Waals surface area contributed by atoms with E-state index in [9.17, 15) is 9.90 Å². The Morgan fingerprint density at radius 1 is 1.64 bits per heavy atom. The molecule has 0 saturated carbocycles. The molecule has 2 amide bonds. The number of aromatic nitrogens is 3. The van der Waals surface area contributed by atoms with E-state index >= 15 is 0 Å². The van der Waals surface area contributed by atoms with Crippen LogP contribution in [0.15, 0.2) is 24.4 Å². The first-order valence-electron chi connectivity index (χ1n) is 6.83. The van der Waals surface area contributed by atoms with Gasteiger partial charge in [0.2, 0.25) is 5.79 Å². The SMILES string of the molecule is CC1=CN([C@H]2C[C@H](O)[C@@H](CO)O2)C(=O)NC1(N)n1cncn1. The second kappa shape index (κ2) is 5.32. The molecule has 4 atom stereocenters. The molecule has 5 N–H and O–H groups in total. The predicted octanol–water partition coefficient (Wildman–Crippen LogP) is -1.76. The van der Waals surface area contributed by atoms with Crippen molar-refractivity contribution in [2.75, 3.05) is 6.61 Å². The number of aliphatic hydroxyl groups is 2. The third-order valence-electron chi connectivity index (χ3n) is 3.94. The molecule has 1 unspecified atom stereocenters. The van der Waals surface area contributed by atoms with Crippen LogP contribution in [0.4, 0.5) is 4.79 Å². The number of urea groups is 1. The maximum Gasteiger partial charge on any atom is 0.326 e. The molecule has 1 aromatic heterocycles. The first-order valence-corrected chi connectivity index (χ1v) is 6.83. The molecule has 10 nitrogen and oxygen atoms in total. The first-order chi connectivity index (χ1) is 10.5. The fourth-order valence-electron chi connectivity index (χ4n) is 2.58. The van der Waals surface area contributed by atoms with Crippen LogP contribution in [0.5, 0.6) is 0 Å². The molecular weight excluding hydrogens is 292 g/mol. The van der Waals surface area contributed by atoms with Crippen molar-refractivity contribution in [3.05, 3.63) is 24.4 Å². The van der Waals surface area contributed by atoms with Crippen molar-refractivity contribution in [3.63, 3.8) is 0 Å². The standard InChI is InChI=1S/C12H18N6O4/c1-7-3-17(10-2-8(20)9(4-19)22-10)11(21)16-12(7,13)18-6-14-5-15-18/h3,5-6,8-10,19-20H,2,4,13H2,1H3,(H,16,21)/t8-,9+,10+,12?/m0/s1.